The fraction of sp³-hybridized carbons (Fsp3) is 0.0435. The molecule has 0 fully saturated rings. The summed E-state index contributed by atoms with van der Waals surface area (Å²) in [5.41, 5.74) is 17.9. The van der Waals surface area contributed by atoms with Gasteiger partial charge in [0.25, 0.3) is 0 Å². The van der Waals surface area contributed by atoms with Crippen LogP contribution in [0.4, 0.5) is 0 Å². The maximum atomic E-state index is 5.50. The molecule has 2 aliphatic rings. The molecule has 2 unspecified atom stereocenters. The van der Waals surface area contributed by atoms with E-state index < -0.39 is 5.41 Å². The molecule has 2 atom stereocenters. The fourth-order valence-electron chi connectivity index (χ4n) is 11.9. The number of hydrogen-bond donors (Lipinski definition) is 2. The first kappa shape index (κ1) is 42.6. The van der Waals surface area contributed by atoms with Crippen LogP contribution in [0.3, 0.4) is 0 Å². The molecule has 1 aliphatic heterocycles. The lowest BCUT2D eigenvalue weighted by Gasteiger charge is -2.34. The van der Waals surface area contributed by atoms with E-state index in [2.05, 4.69) is 278 Å². The SMILES string of the molecule is c1ccc(C2=NC(c3cc(-c4ccc5c(c4)-c4ccccc4C5(c4ccccc4)c4ccccc4)cc(-c4ccc(-c5nc6ccccc6c6ccccc56)c5ccccc45)c3)NC(c3ccccc3)N2)cc1. The molecule has 0 radical (unpaired) electrons. The highest BCUT2D eigenvalue weighted by Gasteiger charge is 2.46. The van der Waals surface area contributed by atoms with Crippen molar-refractivity contribution in [2.24, 2.45) is 4.99 Å². The average molecular weight is 933 g/mol. The third-order valence-electron chi connectivity index (χ3n) is 15.2. The molecule has 12 aromatic rings. The van der Waals surface area contributed by atoms with Crippen molar-refractivity contribution in [1.82, 2.24) is 15.6 Å². The molecule has 0 saturated heterocycles. The Bertz CT molecular complexity index is 4050. The third kappa shape index (κ3) is 7.10. The van der Waals surface area contributed by atoms with E-state index in [9.17, 15) is 0 Å². The van der Waals surface area contributed by atoms with E-state index in [-0.39, 0.29) is 12.3 Å². The Kier molecular flexibility index (Phi) is 10.3. The summed E-state index contributed by atoms with van der Waals surface area (Å²) in [5.74, 6) is 0.849. The summed E-state index contributed by atoms with van der Waals surface area (Å²) in [6, 6.07) is 97.0. The summed E-state index contributed by atoms with van der Waals surface area (Å²) in [6.07, 6.45) is -0.561. The third-order valence-corrected chi connectivity index (χ3v) is 15.2. The molecular formula is C69H48N4. The van der Waals surface area contributed by atoms with Crippen LogP contribution in [0.5, 0.6) is 0 Å². The van der Waals surface area contributed by atoms with Crippen molar-refractivity contribution >= 4 is 38.3 Å². The maximum Gasteiger partial charge on any atom is 0.131 e. The molecule has 11 aromatic carbocycles. The average Bonchev–Trinajstić information content (AvgIpc) is 3.78. The van der Waals surface area contributed by atoms with Gasteiger partial charge in [-0.25, -0.2) is 9.98 Å². The van der Waals surface area contributed by atoms with Crippen molar-refractivity contribution in [2.45, 2.75) is 17.7 Å². The van der Waals surface area contributed by atoms with Gasteiger partial charge in [0.2, 0.25) is 0 Å². The van der Waals surface area contributed by atoms with Gasteiger partial charge in [0.15, 0.2) is 0 Å². The Morgan fingerprint density at radius 2 is 0.904 bits per heavy atom. The van der Waals surface area contributed by atoms with Gasteiger partial charge in [0.05, 0.1) is 16.6 Å². The number of nitrogens with one attached hydrogen (secondary N) is 2. The largest absolute Gasteiger partial charge is 0.350 e. The summed E-state index contributed by atoms with van der Waals surface area (Å²) in [6.45, 7) is 0. The van der Waals surface area contributed by atoms with E-state index in [1.54, 1.807) is 0 Å². The molecule has 344 valence electrons. The van der Waals surface area contributed by atoms with E-state index in [1.807, 2.05) is 0 Å². The second kappa shape index (κ2) is 17.6. The summed E-state index contributed by atoms with van der Waals surface area (Å²) >= 11 is 0. The molecule has 4 heteroatoms. The number of hydrogen-bond acceptors (Lipinski definition) is 4. The number of pyridine rings is 1. The van der Waals surface area contributed by atoms with E-state index >= 15 is 0 Å². The Morgan fingerprint density at radius 3 is 1.64 bits per heavy atom. The van der Waals surface area contributed by atoms with Gasteiger partial charge in [0, 0.05) is 21.9 Å². The van der Waals surface area contributed by atoms with Gasteiger partial charge in [-0.3, -0.25) is 5.32 Å². The predicted octanol–water partition coefficient (Wildman–Crippen LogP) is 16.2. The standard InChI is InChI=1S/C69H48N4/c1-5-21-45(22-6-1)66-71-67(46-23-7-2-8-24-46)73-68(72-66)50-42-48(47-37-40-63-61(44-47)57-32-17-19-35-62(57)69(63,51-25-9-3-10-26-51)52-27-11-4-12-28-52)41-49(43-50)53-38-39-60(55-30-14-13-29-54(53)55)65-59-34-16-15-31-56(59)58-33-18-20-36-64(58)70-65/h1-44,66,68,72H,(H,71,73). The highest BCUT2D eigenvalue weighted by Crippen LogP contribution is 2.57. The zero-order valence-electron chi connectivity index (χ0n) is 40.0. The predicted molar refractivity (Wildman–Crippen MR) is 302 cm³/mol. The first-order valence-electron chi connectivity index (χ1n) is 25.2. The van der Waals surface area contributed by atoms with Crippen molar-refractivity contribution in [3.8, 4) is 44.6 Å². The zero-order valence-corrected chi connectivity index (χ0v) is 40.0. The van der Waals surface area contributed by atoms with Crippen molar-refractivity contribution in [2.75, 3.05) is 0 Å². The number of amidine groups is 1. The van der Waals surface area contributed by atoms with Gasteiger partial charge in [0.1, 0.15) is 18.2 Å². The molecule has 0 saturated carbocycles. The smallest absolute Gasteiger partial charge is 0.131 e. The summed E-state index contributed by atoms with van der Waals surface area (Å²) in [7, 11) is 0. The summed E-state index contributed by atoms with van der Waals surface area (Å²) < 4.78 is 0. The maximum absolute atomic E-state index is 5.50. The van der Waals surface area contributed by atoms with Gasteiger partial charge < -0.3 is 5.32 Å². The quantitative estimate of drug-likeness (QED) is 0.149. The van der Waals surface area contributed by atoms with Crippen LogP contribution in [-0.2, 0) is 5.41 Å². The van der Waals surface area contributed by atoms with Gasteiger partial charge in [-0.15, -0.1) is 0 Å². The normalized spacial score (nSPS) is 15.6. The van der Waals surface area contributed by atoms with E-state index in [0.717, 1.165) is 83.1 Å². The number of fused-ring (bicyclic) bond motifs is 7. The first-order chi connectivity index (χ1) is 36.2. The minimum absolute atomic E-state index is 0.184. The van der Waals surface area contributed by atoms with Crippen molar-refractivity contribution in [3.63, 3.8) is 0 Å². The Balaban J connectivity index is 0.990. The number of nitrogens with zero attached hydrogens (tertiary/aromatic N) is 2. The van der Waals surface area contributed by atoms with E-state index in [1.165, 1.54) is 38.8 Å². The Morgan fingerprint density at radius 1 is 0.342 bits per heavy atom. The number of aliphatic imine (C=N–C) groups is 1. The van der Waals surface area contributed by atoms with Crippen molar-refractivity contribution in [1.29, 1.82) is 0 Å². The second-order valence-electron chi connectivity index (χ2n) is 19.3. The minimum atomic E-state index is -0.486. The first-order valence-corrected chi connectivity index (χ1v) is 25.2. The number of aromatic nitrogens is 1. The fourth-order valence-corrected chi connectivity index (χ4v) is 11.9. The molecule has 14 rings (SSSR count). The lowest BCUT2D eigenvalue weighted by atomic mass is 9.67. The monoisotopic (exact) mass is 932 g/mol. The molecule has 73 heavy (non-hydrogen) atoms. The van der Waals surface area contributed by atoms with Gasteiger partial charge in [-0.2, -0.15) is 0 Å². The molecule has 2 heterocycles. The lowest BCUT2D eigenvalue weighted by molar-refractivity contribution is 0.409. The van der Waals surface area contributed by atoms with Gasteiger partial charge in [-0.05, 0) is 113 Å². The molecular weight excluding hydrogens is 885 g/mol. The van der Waals surface area contributed by atoms with Gasteiger partial charge >= 0.3 is 0 Å². The molecule has 1 aliphatic carbocycles. The molecule has 0 spiro atoms. The molecule has 1 aromatic heterocycles. The molecule has 2 N–H and O–H groups in total. The van der Waals surface area contributed by atoms with Crippen LogP contribution < -0.4 is 10.6 Å². The van der Waals surface area contributed by atoms with Crippen LogP contribution in [0.1, 0.15) is 51.3 Å². The number of para-hydroxylation sites is 1. The second-order valence-corrected chi connectivity index (χ2v) is 19.3. The molecule has 0 bridgehead atoms. The zero-order chi connectivity index (χ0) is 48.3. The lowest BCUT2D eigenvalue weighted by Crippen LogP contribution is -2.44. The van der Waals surface area contributed by atoms with Crippen LogP contribution in [0.25, 0.3) is 77.1 Å². The van der Waals surface area contributed by atoms with Crippen LogP contribution in [0.2, 0.25) is 0 Å². The van der Waals surface area contributed by atoms with E-state index in [0.29, 0.717) is 0 Å². The van der Waals surface area contributed by atoms with Gasteiger partial charge in [-0.1, -0.05) is 237 Å². The molecule has 0 amide bonds. The number of benzene rings is 11. The Hall–Kier alpha value is -9.22. The topological polar surface area (TPSA) is 49.3 Å². The van der Waals surface area contributed by atoms with Crippen LogP contribution in [-0.4, -0.2) is 10.8 Å². The minimum Gasteiger partial charge on any atom is -0.350 e. The summed E-state index contributed by atoms with van der Waals surface area (Å²) in [4.78, 5) is 10.9. The van der Waals surface area contributed by atoms with Crippen LogP contribution >= 0.6 is 0 Å². The van der Waals surface area contributed by atoms with Crippen molar-refractivity contribution in [3.05, 3.63) is 306 Å². The Labute approximate surface area is 425 Å². The molecule has 4 nitrogen and oxygen atoms in total. The summed E-state index contributed by atoms with van der Waals surface area (Å²) in [5, 5.41) is 13.5. The van der Waals surface area contributed by atoms with Crippen LogP contribution in [0, 0.1) is 0 Å². The van der Waals surface area contributed by atoms with Crippen LogP contribution in [0.15, 0.2) is 272 Å². The highest BCUT2D eigenvalue weighted by molar-refractivity contribution is 6.15. The van der Waals surface area contributed by atoms with Crippen molar-refractivity contribution < 1.29 is 0 Å². The number of rotatable bonds is 8. The highest BCUT2D eigenvalue weighted by atomic mass is 15.3. The van der Waals surface area contributed by atoms with E-state index in [4.69, 9.17) is 9.98 Å².